The number of aliphatic carboxylic acids is 3. The van der Waals surface area contributed by atoms with E-state index in [1.165, 1.54) is 30.3 Å². The van der Waals surface area contributed by atoms with E-state index in [0.717, 1.165) is 26.9 Å². The maximum absolute atomic E-state index is 12.7. The summed E-state index contributed by atoms with van der Waals surface area (Å²) in [5.74, 6) is -9.94. The molecule has 3 aromatic carbocycles. The summed E-state index contributed by atoms with van der Waals surface area (Å²) in [5, 5.41) is 31.5. The van der Waals surface area contributed by atoms with Crippen molar-refractivity contribution in [1.82, 2.24) is 30.7 Å². The van der Waals surface area contributed by atoms with E-state index in [4.69, 9.17) is 15.3 Å². The predicted octanol–water partition coefficient (Wildman–Crippen LogP) is 1.40. The van der Waals surface area contributed by atoms with Crippen LogP contribution in [-0.4, -0.2) is 137 Å². The highest BCUT2D eigenvalue weighted by molar-refractivity contribution is 9.10. The van der Waals surface area contributed by atoms with Crippen LogP contribution in [0.5, 0.6) is 0 Å². The van der Waals surface area contributed by atoms with Crippen LogP contribution in [0, 0.1) is 0 Å². The fraction of sp³-hybridized carbons (Fsp3) is 0.229. The Hall–Kier alpha value is -9.13. The van der Waals surface area contributed by atoms with E-state index in [1.54, 1.807) is 30.3 Å². The third-order valence-electron chi connectivity index (χ3n) is 11.7. The van der Waals surface area contributed by atoms with Crippen molar-refractivity contribution in [3.63, 3.8) is 0 Å². The number of carboxylic acids is 3. The van der Waals surface area contributed by atoms with Gasteiger partial charge in [0.05, 0.1) is 33.4 Å². The molecule has 6 aliphatic rings. The first-order valence-corrected chi connectivity index (χ1v) is 22.5. The molecule has 0 saturated carbocycles. The van der Waals surface area contributed by atoms with Crippen LogP contribution < -0.4 is 16.0 Å². The highest BCUT2D eigenvalue weighted by Crippen LogP contribution is 2.34. The van der Waals surface area contributed by atoms with Gasteiger partial charge in [-0.2, -0.15) is 0 Å². The van der Waals surface area contributed by atoms with E-state index in [1.807, 2.05) is 0 Å². The van der Waals surface area contributed by atoms with Crippen LogP contribution in [0.1, 0.15) is 118 Å². The van der Waals surface area contributed by atoms with E-state index < -0.39 is 101 Å². The highest BCUT2D eigenvalue weighted by Gasteiger charge is 2.48. The second-order valence-corrected chi connectivity index (χ2v) is 17.1. The average molecular weight is 1070 g/mol. The number of halogens is 1. The molecule has 73 heavy (non-hydrogen) atoms. The standard InChI is InChI=1S/C16H14N2O6.C16H12N2O6.C13H9BrN2O4.C3H4O2/c2*19-11-6-5-10(14(22)17-11)18-15(23)9-3-1-2-8(4-7-12(20)21)13(9)16(18)24;14-7-3-1-2-6-10(7)13(20)16(12(6)19)8-4-5-9(17)15-11(8)18;1-2-3(4)5/h1-3,10H,4-7H2,(H,20,21)(H,17,19,22);1-4,7,10H,5-6H2,(H,20,21)(H,17,19,22);1-3,8H,4-5H2,(H,15,17,18);2H,1H2,(H,4,5)/b;7-4+;;. The molecule has 9 rings (SSSR count). The molecule has 3 saturated heterocycles. The molecular weight excluding hydrogens is 1030 g/mol. The molecule has 376 valence electrons. The summed E-state index contributed by atoms with van der Waals surface area (Å²) < 4.78 is 0.517. The van der Waals surface area contributed by atoms with E-state index in [0.29, 0.717) is 10.0 Å². The van der Waals surface area contributed by atoms with Crippen LogP contribution in [-0.2, 0) is 49.6 Å². The van der Waals surface area contributed by atoms with E-state index in [2.05, 4.69) is 38.5 Å². The molecule has 25 heteroatoms. The lowest BCUT2D eigenvalue weighted by Gasteiger charge is -2.27. The van der Waals surface area contributed by atoms with Gasteiger partial charge in [0, 0.05) is 42.3 Å². The van der Waals surface area contributed by atoms with Crippen LogP contribution >= 0.6 is 15.9 Å². The van der Waals surface area contributed by atoms with Gasteiger partial charge in [-0.3, -0.25) is 93.0 Å². The maximum atomic E-state index is 12.7. The zero-order chi connectivity index (χ0) is 53.6. The number of benzene rings is 3. The molecule has 0 spiro atoms. The summed E-state index contributed by atoms with van der Waals surface area (Å²) in [6.07, 6.45) is 3.38. The Morgan fingerprint density at radius 3 is 1.33 bits per heavy atom. The third-order valence-corrected chi connectivity index (χ3v) is 12.3. The molecule has 0 bridgehead atoms. The number of aryl methyl sites for hydroxylation is 1. The summed E-state index contributed by atoms with van der Waals surface area (Å²) in [6.45, 7) is 2.96. The van der Waals surface area contributed by atoms with Crippen LogP contribution in [0.2, 0.25) is 0 Å². The Balaban J connectivity index is 0.000000171. The van der Waals surface area contributed by atoms with Crippen molar-refractivity contribution in [2.75, 3.05) is 0 Å². The number of hydrogen-bond donors (Lipinski definition) is 6. The second kappa shape index (κ2) is 22.3. The molecular formula is C48H39BrN6O18. The lowest BCUT2D eigenvalue weighted by atomic mass is 9.99. The number of nitrogens with one attached hydrogen (secondary N) is 3. The minimum absolute atomic E-state index is 0.0373. The van der Waals surface area contributed by atoms with Gasteiger partial charge in [0.1, 0.15) is 18.1 Å². The number of carbonyl (C=O) groups excluding carboxylic acids is 12. The van der Waals surface area contributed by atoms with Gasteiger partial charge in [-0.15, -0.1) is 0 Å². The van der Waals surface area contributed by atoms with Crippen molar-refractivity contribution in [2.24, 2.45) is 0 Å². The number of hydrogen-bond acceptors (Lipinski definition) is 15. The third kappa shape index (κ3) is 11.3. The van der Waals surface area contributed by atoms with Crippen molar-refractivity contribution < 1.29 is 87.2 Å². The van der Waals surface area contributed by atoms with E-state index >= 15 is 0 Å². The van der Waals surface area contributed by atoms with Gasteiger partial charge in [0.25, 0.3) is 35.4 Å². The molecule has 3 unspecified atom stereocenters. The minimum atomic E-state index is -1.19. The summed E-state index contributed by atoms with van der Waals surface area (Å²) >= 11 is 3.24. The highest BCUT2D eigenvalue weighted by atomic mass is 79.9. The SMILES string of the molecule is C=CC(=O)O.O=C(O)/C=C/c1cccc2c1C(=O)N(C1CCC(=O)NC1=O)C2=O.O=C(O)CCc1cccc2c1C(=O)N(C1CCC(=O)NC1=O)C2=O.O=C1CCC(N2C(=O)c3cccc(Br)c3C2=O)C(=O)N1. The Morgan fingerprint density at radius 1 is 0.548 bits per heavy atom. The molecule has 3 aromatic rings. The Kier molecular flexibility index (Phi) is 16.3. The maximum Gasteiger partial charge on any atom is 0.328 e. The monoisotopic (exact) mass is 1070 g/mol. The van der Waals surface area contributed by atoms with Crippen molar-refractivity contribution >= 4 is 111 Å². The molecule has 0 radical (unpaired) electrons. The van der Waals surface area contributed by atoms with E-state index in [-0.39, 0.29) is 96.2 Å². The predicted molar refractivity (Wildman–Crippen MR) is 248 cm³/mol. The second-order valence-electron chi connectivity index (χ2n) is 16.2. The first kappa shape index (κ1) is 53.2. The van der Waals surface area contributed by atoms with Crippen LogP contribution in [0.15, 0.2) is 77.8 Å². The number of fused-ring (bicyclic) bond motifs is 3. The van der Waals surface area contributed by atoms with Crippen molar-refractivity contribution in [3.8, 4) is 0 Å². The molecule has 6 aliphatic heterocycles. The summed E-state index contributed by atoms with van der Waals surface area (Å²) in [6, 6.07) is 11.0. The number of rotatable bonds is 9. The quantitative estimate of drug-likeness (QED) is 0.130. The van der Waals surface area contributed by atoms with E-state index in [9.17, 15) is 71.9 Å². The summed E-state index contributed by atoms with van der Waals surface area (Å²) in [5.41, 5.74) is 1.75. The zero-order valence-corrected chi connectivity index (χ0v) is 39.3. The fourth-order valence-electron chi connectivity index (χ4n) is 8.35. The van der Waals surface area contributed by atoms with Gasteiger partial charge < -0.3 is 15.3 Å². The van der Waals surface area contributed by atoms with Crippen LogP contribution in [0.4, 0.5) is 0 Å². The molecule has 6 N–H and O–H groups in total. The minimum Gasteiger partial charge on any atom is -0.481 e. The van der Waals surface area contributed by atoms with Gasteiger partial charge in [-0.05, 0) is 83.1 Å². The normalized spacial score (nSPS) is 19.8. The van der Waals surface area contributed by atoms with Gasteiger partial charge in [0.15, 0.2) is 0 Å². The van der Waals surface area contributed by atoms with Gasteiger partial charge in [0.2, 0.25) is 35.4 Å². The first-order chi connectivity index (χ1) is 34.6. The number of piperidine rings is 3. The number of carboxylic acid groups (broad SMARTS) is 3. The van der Waals surface area contributed by atoms with Crippen molar-refractivity contribution in [2.45, 2.75) is 69.5 Å². The molecule has 0 aliphatic carbocycles. The Bertz CT molecular complexity index is 3050. The Morgan fingerprint density at radius 2 is 0.932 bits per heavy atom. The molecule has 3 fully saturated rings. The molecule has 12 amide bonds. The number of amides is 12. The van der Waals surface area contributed by atoms with Crippen LogP contribution in [0.25, 0.3) is 6.08 Å². The van der Waals surface area contributed by atoms with Crippen molar-refractivity contribution in [1.29, 1.82) is 0 Å². The number of carbonyl (C=O) groups is 15. The van der Waals surface area contributed by atoms with Crippen LogP contribution in [0.3, 0.4) is 0 Å². The van der Waals surface area contributed by atoms with Gasteiger partial charge in [-0.1, -0.05) is 36.9 Å². The molecule has 0 aromatic heterocycles. The van der Waals surface area contributed by atoms with Gasteiger partial charge in [-0.25, -0.2) is 9.59 Å². The molecule has 3 atom stereocenters. The van der Waals surface area contributed by atoms with Crippen molar-refractivity contribution in [3.05, 3.63) is 122 Å². The fourth-order valence-corrected chi connectivity index (χ4v) is 8.89. The zero-order valence-electron chi connectivity index (χ0n) is 37.7. The first-order valence-electron chi connectivity index (χ1n) is 21.7. The van der Waals surface area contributed by atoms with Gasteiger partial charge >= 0.3 is 17.9 Å². The summed E-state index contributed by atoms with van der Waals surface area (Å²) in [7, 11) is 0. The number of nitrogens with zero attached hydrogens (tertiary/aromatic N) is 3. The number of imide groups is 6. The lowest BCUT2D eigenvalue weighted by molar-refractivity contribution is -0.137. The smallest absolute Gasteiger partial charge is 0.328 e. The lowest BCUT2D eigenvalue weighted by Crippen LogP contribution is -2.54. The Labute approximate surface area is 419 Å². The molecule has 6 heterocycles. The topological polar surface area (TPSA) is 363 Å². The molecule has 24 nitrogen and oxygen atoms in total. The average Bonchev–Trinajstić information content (AvgIpc) is 3.86. The summed E-state index contributed by atoms with van der Waals surface area (Å²) in [4.78, 5) is 178. The largest absolute Gasteiger partial charge is 0.481 e.